The lowest BCUT2D eigenvalue weighted by Gasteiger charge is -2.03. The van der Waals surface area contributed by atoms with E-state index in [1.807, 2.05) is 6.07 Å². The van der Waals surface area contributed by atoms with Gasteiger partial charge in [-0.25, -0.2) is 18.4 Å². The summed E-state index contributed by atoms with van der Waals surface area (Å²) in [6.07, 6.45) is 2.73. The van der Waals surface area contributed by atoms with E-state index in [1.54, 1.807) is 26.2 Å². The molecule has 3 aromatic rings. The summed E-state index contributed by atoms with van der Waals surface area (Å²) in [5.41, 5.74) is 1.18. The molecule has 9 nitrogen and oxygen atoms in total. The molecular weight excluding hydrogens is 338 g/mol. The number of imidazole rings is 1. The van der Waals surface area contributed by atoms with Crippen molar-refractivity contribution in [3.63, 3.8) is 0 Å². The number of nitrogens with zero attached hydrogens (tertiary/aromatic N) is 6. The van der Waals surface area contributed by atoms with Crippen LogP contribution in [0, 0.1) is 6.92 Å². The third-order valence-corrected chi connectivity index (χ3v) is 4.27. The van der Waals surface area contributed by atoms with Crippen molar-refractivity contribution in [1.82, 2.24) is 18.9 Å². The Morgan fingerprint density at radius 2 is 2.13 bits per heavy atom. The molecule has 120 valence electrons. The van der Waals surface area contributed by atoms with Crippen molar-refractivity contribution in [1.29, 1.82) is 0 Å². The second-order valence-electron chi connectivity index (χ2n) is 4.84. The van der Waals surface area contributed by atoms with E-state index in [1.165, 1.54) is 16.1 Å². The molecule has 0 unspecified atom stereocenters. The van der Waals surface area contributed by atoms with E-state index in [2.05, 4.69) is 29.3 Å². The number of fused-ring (bicyclic) bond motifs is 1. The van der Waals surface area contributed by atoms with E-state index in [-0.39, 0.29) is 5.95 Å². The first-order valence-electron chi connectivity index (χ1n) is 6.48. The number of anilines is 1. The molecule has 3 heterocycles. The Hall–Kier alpha value is -2.40. The topological polar surface area (TPSA) is 114 Å². The molecule has 3 aromatic heterocycles. The van der Waals surface area contributed by atoms with Gasteiger partial charge in [0, 0.05) is 13.2 Å². The highest BCUT2D eigenvalue weighted by Crippen LogP contribution is 2.31. The summed E-state index contributed by atoms with van der Waals surface area (Å²) in [5, 5.41) is 9.83. The summed E-state index contributed by atoms with van der Waals surface area (Å²) in [7, 11) is -1.75. The highest BCUT2D eigenvalue weighted by Gasteiger charge is 2.14. The summed E-state index contributed by atoms with van der Waals surface area (Å²) in [6.45, 7) is 1.73. The number of aromatic nitrogens is 4. The number of hydrogen-bond donors (Lipinski definition) is 1. The summed E-state index contributed by atoms with van der Waals surface area (Å²) >= 11 is 1.20. The van der Waals surface area contributed by atoms with E-state index in [4.69, 9.17) is 0 Å². The predicted molar refractivity (Wildman–Crippen MR) is 88.0 cm³/mol. The third kappa shape index (κ3) is 3.19. The summed E-state index contributed by atoms with van der Waals surface area (Å²) in [6, 6.07) is 3.67. The van der Waals surface area contributed by atoms with E-state index >= 15 is 0 Å². The maximum absolute atomic E-state index is 11.3. The van der Waals surface area contributed by atoms with Crippen molar-refractivity contribution in [2.24, 2.45) is 17.3 Å². The molecule has 23 heavy (non-hydrogen) atoms. The zero-order chi connectivity index (χ0) is 16.6. The average Bonchev–Trinajstić information content (AvgIpc) is 2.98. The minimum atomic E-state index is -3.41. The fourth-order valence-electron chi connectivity index (χ4n) is 1.96. The molecular formula is C12H13N7O2S2. The number of azo groups is 1. The van der Waals surface area contributed by atoms with Gasteiger partial charge in [0.25, 0.3) is 0 Å². The van der Waals surface area contributed by atoms with Gasteiger partial charge < -0.3 is 0 Å². The van der Waals surface area contributed by atoms with E-state index < -0.39 is 10.0 Å². The fourth-order valence-corrected chi connectivity index (χ4v) is 3.13. The molecule has 0 amide bonds. The maximum Gasteiger partial charge on any atom is 0.232 e. The molecule has 0 aliphatic carbocycles. The first kappa shape index (κ1) is 15.5. The lowest BCUT2D eigenvalue weighted by Crippen LogP contribution is -2.13. The Labute approximate surface area is 136 Å². The molecule has 0 atom stereocenters. The van der Waals surface area contributed by atoms with Gasteiger partial charge in [0.2, 0.25) is 16.0 Å². The number of sulfonamides is 1. The lowest BCUT2D eigenvalue weighted by molar-refractivity contribution is 0.606. The van der Waals surface area contributed by atoms with Crippen LogP contribution in [0.25, 0.3) is 11.0 Å². The van der Waals surface area contributed by atoms with Crippen LogP contribution >= 0.6 is 11.5 Å². The summed E-state index contributed by atoms with van der Waals surface area (Å²) < 4.78 is 30.7. The molecule has 0 saturated carbocycles. The highest BCUT2D eigenvalue weighted by molar-refractivity contribution is 7.92. The Morgan fingerprint density at radius 3 is 2.87 bits per heavy atom. The van der Waals surface area contributed by atoms with Crippen LogP contribution in [0.3, 0.4) is 0 Å². The SMILES string of the molecule is Cc1nc(NS(C)(=O)=O)n(C)c1N=Nc1snc2ncccc12. The Kier molecular flexibility index (Phi) is 3.82. The molecule has 0 aliphatic heterocycles. The minimum absolute atomic E-state index is 0.190. The summed E-state index contributed by atoms with van der Waals surface area (Å²) in [4.78, 5) is 8.29. The van der Waals surface area contributed by atoms with Crippen LogP contribution in [-0.2, 0) is 17.1 Å². The quantitative estimate of drug-likeness (QED) is 0.725. The zero-order valence-electron chi connectivity index (χ0n) is 12.5. The standard InChI is InChI=1S/C12H13N7O2S2/c1-7-10(19(2)12(14-7)18-23(3,20)21)15-16-11-8-5-4-6-13-9(8)17-22-11/h4-6H,1-3H3,(H,14,18). The Balaban J connectivity index is 1.97. The first-order chi connectivity index (χ1) is 10.8. The van der Waals surface area contributed by atoms with Crippen molar-refractivity contribution in [2.75, 3.05) is 11.0 Å². The molecule has 0 bridgehead atoms. The molecule has 3 rings (SSSR count). The molecule has 0 radical (unpaired) electrons. The van der Waals surface area contributed by atoms with Crippen LogP contribution in [0.2, 0.25) is 0 Å². The summed E-state index contributed by atoms with van der Waals surface area (Å²) in [5.74, 6) is 0.649. The number of hydrogen-bond acceptors (Lipinski definition) is 8. The van der Waals surface area contributed by atoms with Gasteiger partial charge in [-0.05, 0) is 30.6 Å². The third-order valence-electron chi connectivity index (χ3n) is 2.98. The van der Waals surface area contributed by atoms with Crippen LogP contribution in [0.15, 0.2) is 28.6 Å². The van der Waals surface area contributed by atoms with Gasteiger partial charge in [0.15, 0.2) is 16.5 Å². The molecule has 0 saturated heterocycles. The van der Waals surface area contributed by atoms with Crippen molar-refractivity contribution < 1.29 is 8.42 Å². The van der Waals surface area contributed by atoms with Crippen LogP contribution < -0.4 is 4.72 Å². The molecule has 0 aromatic carbocycles. The number of aryl methyl sites for hydroxylation is 1. The molecule has 0 fully saturated rings. The number of pyridine rings is 1. The van der Waals surface area contributed by atoms with E-state index in [0.717, 1.165) is 11.6 Å². The zero-order valence-corrected chi connectivity index (χ0v) is 14.2. The maximum atomic E-state index is 11.3. The molecule has 0 spiro atoms. The predicted octanol–water partition coefficient (Wildman–Crippen LogP) is 2.52. The fraction of sp³-hybridized carbons (Fsp3) is 0.250. The highest BCUT2D eigenvalue weighted by atomic mass is 32.2. The van der Waals surface area contributed by atoms with Gasteiger partial charge in [-0.3, -0.25) is 9.29 Å². The molecule has 0 aliphatic rings. The van der Waals surface area contributed by atoms with Gasteiger partial charge in [0.1, 0.15) is 0 Å². The average molecular weight is 351 g/mol. The molecule has 1 N–H and O–H groups in total. The van der Waals surface area contributed by atoms with Crippen LogP contribution in [0.5, 0.6) is 0 Å². The van der Waals surface area contributed by atoms with Gasteiger partial charge in [-0.2, -0.15) is 4.37 Å². The van der Waals surface area contributed by atoms with Crippen molar-refractivity contribution in [2.45, 2.75) is 6.92 Å². The largest absolute Gasteiger partial charge is 0.296 e. The lowest BCUT2D eigenvalue weighted by atomic mass is 10.3. The van der Waals surface area contributed by atoms with Crippen molar-refractivity contribution in [3.05, 3.63) is 24.0 Å². The Morgan fingerprint density at radius 1 is 1.35 bits per heavy atom. The Bertz CT molecular complexity index is 1000. The van der Waals surface area contributed by atoms with Crippen LogP contribution in [0.1, 0.15) is 5.69 Å². The normalized spacial score (nSPS) is 12.3. The van der Waals surface area contributed by atoms with Crippen molar-refractivity contribution in [3.8, 4) is 0 Å². The monoisotopic (exact) mass is 351 g/mol. The second-order valence-corrected chi connectivity index (χ2v) is 7.34. The first-order valence-corrected chi connectivity index (χ1v) is 9.15. The molecule has 11 heteroatoms. The van der Waals surface area contributed by atoms with Gasteiger partial charge in [-0.1, -0.05) is 0 Å². The van der Waals surface area contributed by atoms with Gasteiger partial charge in [-0.15, -0.1) is 10.2 Å². The number of rotatable bonds is 4. The van der Waals surface area contributed by atoms with Crippen molar-refractivity contribution >= 4 is 49.4 Å². The minimum Gasteiger partial charge on any atom is -0.296 e. The van der Waals surface area contributed by atoms with Gasteiger partial charge >= 0.3 is 0 Å². The smallest absolute Gasteiger partial charge is 0.232 e. The van der Waals surface area contributed by atoms with Crippen LogP contribution in [-0.4, -0.2) is 33.6 Å². The second kappa shape index (κ2) is 5.66. The van der Waals surface area contributed by atoms with Gasteiger partial charge in [0.05, 0.1) is 17.3 Å². The number of nitrogens with one attached hydrogen (secondary N) is 1. The van der Waals surface area contributed by atoms with E-state index in [9.17, 15) is 8.42 Å². The van der Waals surface area contributed by atoms with Crippen LogP contribution in [0.4, 0.5) is 16.8 Å². The van der Waals surface area contributed by atoms with E-state index in [0.29, 0.717) is 22.2 Å².